The van der Waals surface area contributed by atoms with Gasteiger partial charge in [0.1, 0.15) is 0 Å². The maximum absolute atomic E-state index is 10.0. The van der Waals surface area contributed by atoms with Crippen LogP contribution in [0.2, 0.25) is 0 Å². The second-order valence-corrected chi connectivity index (χ2v) is 4.42. The number of unbranched alkanes of at least 4 members (excludes halogenated alkanes) is 2. The van der Waals surface area contributed by atoms with Gasteiger partial charge in [-0.05, 0) is 38.8 Å². The van der Waals surface area contributed by atoms with E-state index < -0.39 is 24.0 Å². The molecule has 2 atom stereocenters. The number of hydrogen-bond acceptors (Lipinski definition) is 8. The van der Waals surface area contributed by atoms with Crippen LogP contribution in [0.3, 0.4) is 0 Å². The molecule has 0 aromatic carbocycles. The van der Waals surface area contributed by atoms with Gasteiger partial charge >= 0.3 is 59.1 Å². The zero-order valence-electron chi connectivity index (χ0n) is 13.8. The van der Waals surface area contributed by atoms with Crippen LogP contribution in [0, 0.1) is 0 Å². The molecule has 0 heterocycles. The van der Waals surface area contributed by atoms with Crippen molar-refractivity contribution in [2.45, 2.75) is 50.6 Å². The summed E-state index contributed by atoms with van der Waals surface area (Å²) in [5.41, 5.74) is 20.7. The fraction of sp³-hybridized carbons (Fsp3) is 0.833. The second-order valence-electron chi connectivity index (χ2n) is 4.42. The molecule has 0 rings (SSSR count). The van der Waals surface area contributed by atoms with Crippen molar-refractivity contribution in [2.24, 2.45) is 22.9 Å². The van der Waals surface area contributed by atoms with Gasteiger partial charge in [0, 0.05) is 12.1 Å². The topological polar surface area (TPSA) is 184 Å². The van der Waals surface area contributed by atoms with E-state index in [2.05, 4.69) is 0 Å². The van der Waals surface area contributed by atoms with Crippen LogP contribution in [0.25, 0.3) is 0 Å². The molecule has 8 nitrogen and oxygen atoms in total. The molecule has 0 saturated heterocycles. The van der Waals surface area contributed by atoms with Crippen LogP contribution in [0.15, 0.2) is 0 Å². The molecule has 0 aliphatic carbocycles. The Kier molecular flexibility index (Phi) is 30.3. The SMILES string of the molecule is NCCCC[C@H](N)C(=O)[O-].NCCCC[C@H](N)C(=O)[O-].[Na+].[Na+]. The van der Waals surface area contributed by atoms with Crippen molar-refractivity contribution in [3.05, 3.63) is 0 Å². The van der Waals surface area contributed by atoms with E-state index in [4.69, 9.17) is 22.9 Å². The van der Waals surface area contributed by atoms with Crippen molar-refractivity contribution in [3.8, 4) is 0 Å². The number of aliphatic carboxylic acids is 2. The number of carbonyl (C=O) groups excluding carboxylic acids is 2. The number of carboxylic acid groups (broad SMARTS) is 2. The minimum atomic E-state index is -1.18. The van der Waals surface area contributed by atoms with Crippen molar-refractivity contribution in [3.63, 3.8) is 0 Å². The molecule has 0 bridgehead atoms. The molecule has 22 heavy (non-hydrogen) atoms. The summed E-state index contributed by atoms with van der Waals surface area (Å²) in [6, 6.07) is -1.65. The molecule has 0 aromatic heterocycles. The first-order valence-corrected chi connectivity index (χ1v) is 6.69. The van der Waals surface area contributed by atoms with Gasteiger partial charge < -0.3 is 42.7 Å². The Morgan fingerprint density at radius 2 is 1.00 bits per heavy atom. The van der Waals surface area contributed by atoms with Crippen LogP contribution in [-0.2, 0) is 9.59 Å². The number of rotatable bonds is 10. The van der Waals surface area contributed by atoms with E-state index in [1.165, 1.54) is 0 Å². The van der Waals surface area contributed by atoms with E-state index in [1.807, 2.05) is 0 Å². The van der Waals surface area contributed by atoms with Gasteiger partial charge in [-0.2, -0.15) is 0 Å². The molecule has 0 aromatic rings. The van der Waals surface area contributed by atoms with Gasteiger partial charge in [0.15, 0.2) is 0 Å². The Morgan fingerprint density at radius 3 is 1.18 bits per heavy atom. The van der Waals surface area contributed by atoms with E-state index >= 15 is 0 Å². The molecule has 0 fully saturated rings. The first kappa shape index (κ1) is 30.6. The molecule has 0 spiro atoms. The summed E-state index contributed by atoms with van der Waals surface area (Å²) in [4.78, 5) is 20.1. The quantitative estimate of drug-likeness (QED) is 0.224. The third kappa shape index (κ3) is 23.1. The molecule has 0 unspecified atom stereocenters. The zero-order valence-corrected chi connectivity index (χ0v) is 17.8. The summed E-state index contributed by atoms with van der Waals surface area (Å²) in [5, 5.41) is 20.1. The Hall–Kier alpha value is 0.780. The van der Waals surface area contributed by atoms with E-state index in [0.717, 1.165) is 25.7 Å². The molecule has 120 valence electrons. The molecule has 10 heteroatoms. The third-order valence-corrected chi connectivity index (χ3v) is 2.54. The van der Waals surface area contributed by atoms with Gasteiger partial charge in [-0.15, -0.1) is 0 Å². The van der Waals surface area contributed by atoms with Gasteiger partial charge in [-0.25, -0.2) is 0 Å². The van der Waals surface area contributed by atoms with Crippen molar-refractivity contribution >= 4 is 11.9 Å². The zero-order chi connectivity index (χ0) is 16.0. The Balaban J connectivity index is -0.000000135. The fourth-order valence-corrected chi connectivity index (χ4v) is 1.25. The monoisotopic (exact) mass is 336 g/mol. The average molecular weight is 336 g/mol. The van der Waals surface area contributed by atoms with Gasteiger partial charge in [0.05, 0.1) is 11.9 Å². The van der Waals surface area contributed by atoms with Crippen molar-refractivity contribution < 1.29 is 78.9 Å². The fourth-order valence-electron chi connectivity index (χ4n) is 1.25. The summed E-state index contributed by atoms with van der Waals surface area (Å²) >= 11 is 0. The molecule has 0 amide bonds. The minimum absolute atomic E-state index is 0. The van der Waals surface area contributed by atoms with Crippen LogP contribution in [0.4, 0.5) is 0 Å². The standard InChI is InChI=1S/2C6H14N2O2.2Na/c2*7-4-2-1-3-5(8)6(9)10;;/h2*5H,1-4,7-8H2,(H,9,10);;/q;;2*+1/p-2/t2*5-;;/m00../s1. The largest absolute Gasteiger partial charge is 1.00 e. The molecule has 0 aliphatic heterocycles. The molecule has 0 saturated carbocycles. The van der Waals surface area contributed by atoms with Crippen molar-refractivity contribution in [1.29, 1.82) is 0 Å². The first-order valence-electron chi connectivity index (χ1n) is 6.69. The predicted molar refractivity (Wildman–Crippen MR) is 71.8 cm³/mol. The second kappa shape index (κ2) is 21.8. The van der Waals surface area contributed by atoms with Gasteiger partial charge in [-0.3, -0.25) is 0 Å². The number of carboxylic acids is 2. The van der Waals surface area contributed by atoms with E-state index in [0.29, 0.717) is 25.9 Å². The molecule has 0 aliphatic rings. The smallest absolute Gasteiger partial charge is 0.548 e. The molecular formula is C12H26N4Na2O4. The first-order chi connectivity index (χ1) is 9.36. The Bertz CT molecular complexity index is 248. The Labute approximate surface area is 176 Å². The summed E-state index contributed by atoms with van der Waals surface area (Å²) in [6.45, 7) is 1.17. The number of hydrogen-bond donors (Lipinski definition) is 4. The maximum Gasteiger partial charge on any atom is 1.00 e. The van der Waals surface area contributed by atoms with Crippen LogP contribution in [0.5, 0.6) is 0 Å². The summed E-state index contributed by atoms with van der Waals surface area (Å²) in [6.07, 6.45) is 4.07. The molecular weight excluding hydrogens is 310 g/mol. The average Bonchev–Trinajstić information content (AvgIpc) is 2.39. The summed E-state index contributed by atoms with van der Waals surface area (Å²) < 4.78 is 0. The summed E-state index contributed by atoms with van der Waals surface area (Å²) in [5.74, 6) is -2.37. The van der Waals surface area contributed by atoms with Crippen LogP contribution < -0.4 is 92.3 Å². The van der Waals surface area contributed by atoms with Crippen LogP contribution >= 0.6 is 0 Å². The van der Waals surface area contributed by atoms with Crippen LogP contribution in [-0.4, -0.2) is 37.1 Å². The van der Waals surface area contributed by atoms with Crippen molar-refractivity contribution in [2.75, 3.05) is 13.1 Å². The van der Waals surface area contributed by atoms with Crippen LogP contribution in [0.1, 0.15) is 38.5 Å². The van der Waals surface area contributed by atoms with Crippen molar-refractivity contribution in [1.82, 2.24) is 0 Å². The van der Waals surface area contributed by atoms with E-state index in [1.54, 1.807) is 0 Å². The number of carbonyl (C=O) groups is 2. The van der Waals surface area contributed by atoms with E-state index in [-0.39, 0.29) is 59.1 Å². The van der Waals surface area contributed by atoms with Gasteiger partial charge in [0.2, 0.25) is 0 Å². The predicted octanol–water partition coefficient (Wildman–Crippen LogP) is -9.61. The van der Waals surface area contributed by atoms with Gasteiger partial charge in [0.25, 0.3) is 0 Å². The molecule has 8 N–H and O–H groups in total. The van der Waals surface area contributed by atoms with E-state index in [9.17, 15) is 19.8 Å². The number of nitrogens with two attached hydrogens (primary N) is 4. The minimum Gasteiger partial charge on any atom is -0.548 e. The summed E-state index contributed by atoms with van der Waals surface area (Å²) in [7, 11) is 0. The Morgan fingerprint density at radius 1 is 0.727 bits per heavy atom. The maximum atomic E-state index is 10.0. The normalized spacial score (nSPS) is 11.8. The molecule has 0 radical (unpaired) electrons. The third-order valence-electron chi connectivity index (χ3n) is 2.54. The van der Waals surface area contributed by atoms with Gasteiger partial charge in [-0.1, -0.05) is 12.8 Å².